The number of nitrogens with zero attached hydrogens (tertiary/aromatic N) is 4. The maximum atomic E-state index is 13.3. The van der Waals surface area contributed by atoms with Crippen LogP contribution in [0.4, 0.5) is 0 Å². The number of fused-ring (bicyclic) bond motifs is 3. The first-order valence-electron chi connectivity index (χ1n) is 9.60. The molecule has 1 atom stereocenters. The summed E-state index contributed by atoms with van der Waals surface area (Å²) in [5.41, 5.74) is 3.75. The van der Waals surface area contributed by atoms with Gasteiger partial charge in [-0.2, -0.15) is 5.10 Å². The van der Waals surface area contributed by atoms with Crippen molar-refractivity contribution in [1.82, 2.24) is 19.4 Å². The smallest absolute Gasteiger partial charge is 0.273 e. The number of carbonyl (C=O) groups excluding carboxylic acids is 1. The number of carbonyl (C=O) groups is 1. The Labute approximate surface area is 177 Å². The van der Waals surface area contributed by atoms with Crippen molar-refractivity contribution < 1.29 is 4.79 Å². The summed E-state index contributed by atoms with van der Waals surface area (Å²) in [6, 6.07) is 0. The van der Waals surface area contributed by atoms with E-state index in [1.54, 1.807) is 25.3 Å². The quantitative estimate of drug-likeness (QED) is 0.668. The van der Waals surface area contributed by atoms with Crippen LogP contribution in [0.1, 0.15) is 53.9 Å². The second-order valence-corrected chi connectivity index (χ2v) is 10.2. The summed E-state index contributed by atoms with van der Waals surface area (Å²) in [4.78, 5) is 32.5. The lowest BCUT2D eigenvalue weighted by Gasteiger charge is -2.33. The minimum Gasteiger partial charge on any atom is -0.273 e. The van der Waals surface area contributed by atoms with Crippen molar-refractivity contribution in [2.24, 2.45) is 18.4 Å². The van der Waals surface area contributed by atoms with E-state index in [1.807, 2.05) is 0 Å². The Morgan fingerprint density at radius 3 is 2.72 bits per heavy atom. The largest absolute Gasteiger partial charge is 0.292 e. The molecule has 3 heterocycles. The van der Waals surface area contributed by atoms with Crippen molar-refractivity contribution in [2.75, 3.05) is 5.43 Å². The van der Waals surface area contributed by atoms with Crippen molar-refractivity contribution in [3.63, 3.8) is 0 Å². The third kappa shape index (κ3) is 3.48. The highest BCUT2D eigenvalue weighted by molar-refractivity contribution is 7.18. The molecule has 1 aliphatic carbocycles. The molecule has 0 aliphatic heterocycles. The summed E-state index contributed by atoms with van der Waals surface area (Å²) in [5.74, 6) is 0.463. The second-order valence-electron chi connectivity index (χ2n) is 8.73. The van der Waals surface area contributed by atoms with E-state index in [2.05, 4.69) is 36.3 Å². The number of aryl methyl sites for hydroxylation is 3. The molecular formula is C20H24ClN5O2S. The van der Waals surface area contributed by atoms with Crippen LogP contribution >= 0.6 is 22.9 Å². The van der Waals surface area contributed by atoms with Gasteiger partial charge in [0.2, 0.25) is 0 Å². The third-order valence-electron chi connectivity index (χ3n) is 5.69. The number of halogens is 1. The molecule has 0 bridgehead atoms. The third-order valence-corrected chi connectivity index (χ3v) is 7.11. The predicted octanol–water partition coefficient (Wildman–Crippen LogP) is 3.69. The molecule has 9 heteroatoms. The van der Waals surface area contributed by atoms with Gasteiger partial charge in [-0.3, -0.25) is 19.7 Å². The fourth-order valence-electron chi connectivity index (χ4n) is 3.97. The highest BCUT2D eigenvalue weighted by Gasteiger charge is 2.32. The summed E-state index contributed by atoms with van der Waals surface area (Å²) in [7, 11) is 1.68. The maximum Gasteiger partial charge on any atom is 0.292 e. The Kier molecular flexibility index (Phi) is 4.82. The van der Waals surface area contributed by atoms with Crippen molar-refractivity contribution in [1.29, 1.82) is 0 Å². The standard InChI is InChI=1S/C20H24ClN5O2S/c1-10-22-18-15(12-7-6-11(20(2,3)4)8-14(12)29-18)19(28)26(10)24-17(27)16-13(21)9-25(5)23-16/h9,11H,6-8H2,1-5H3,(H,24,27)/t11-/m0/s1. The number of aromatic nitrogens is 4. The molecule has 7 nitrogen and oxygen atoms in total. The molecule has 0 unspecified atom stereocenters. The first-order chi connectivity index (χ1) is 13.6. The summed E-state index contributed by atoms with van der Waals surface area (Å²) in [6.07, 6.45) is 4.41. The fourth-order valence-corrected chi connectivity index (χ4v) is 5.57. The molecule has 0 fully saturated rings. The van der Waals surface area contributed by atoms with Crippen LogP contribution in [0.25, 0.3) is 10.2 Å². The Morgan fingerprint density at radius 2 is 2.10 bits per heavy atom. The van der Waals surface area contributed by atoms with E-state index < -0.39 is 5.91 Å². The highest BCUT2D eigenvalue weighted by Crippen LogP contribution is 2.42. The molecule has 0 radical (unpaired) electrons. The van der Waals surface area contributed by atoms with E-state index in [0.29, 0.717) is 17.1 Å². The van der Waals surface area contributed by atoms with E-state index >= 15 is 0 Å². The molecule has 1 amide bonds. The van der Waals surface area contributed by atoms with Gasteiger partial charge in [-0.25, -0.2) is 9.66 Å². The van der Waals surface area contributed by atoms with E-state index in [4.69, 9.17) is 11.6 Å². The summed E-state index contributed by atoms with van der Waals surface area (Å²) < 4.78 is 2.66. The lowest BCUT2D eigenvalue weighted by molar-refractivity contribution is 0.100. The molecule has 1 aliphatic rings. The number of thiophene rings is 1. The predicted molar refractivity (Wildman–Crippen MR) is 115 cm³/mol. The Morgan fingerprint density at radius 1 is 1.38 bits per heavy atom. The van der Waals surface area contributed by atoms with Gasteiger partial charge in [-0.1, -0.05) is 32.4 Å². The van der Waals surface area contributed by atoms with Crippen LogP contribution in [0, 0.1) is 18.3 Å². The minimum atomic E-state index is -0.543. The minimum absolute atomic E-state index is 0.0703. The van der Waals surface area contributed by atoms with E-state index in [9.17, 15) is 9.59 Å². The average Bonchev–Trinajstić information content (AvgIpc) is 3.15. The van der Waals surface area contributed by atoms with Gasteiger partial charge in [-0.15, -0.1) is 11.3 Å². The lowest BCUT2D eigenvalue weighted by atomic mass is 9.72. The van der Waals surface area contributed by atoms with E-state index in [-0.39, 0.29) is 21.7 Å². The van der Waals surface area contributed by atoms with Crippen LogP contribution in [0.3, 0.4) is 0 Å². The molecule has 1 N–H and O–H groups in total. The molecule has 154 valence electrons. The molecule has 3 aromatic heterocycles. The molecule has 0 saturated carbocycles. The van der Waals surface area contributed by atoms with Gasteiger partial charge >= 0.3 is 0 Å². The lowest BCUT2D eigenvalue weighted by Crippen LogP contribution is -2.36. The first kappa shape index (κ1) is 20.1. The molecule has 4 rings (SSSR count). The Balaban J connectivity index is 1.75. The fraction of sp³-hybridized carbons (Fsp3) is 0.500. The van der Waals surface area contributed by atoms with Gasteiger partial charge in [0, 0.05) is 18.1 Å². The molecule has 0 aromatic carbocycles. The van der Waals surface area contributed by atoms with Gasteiger partial charge in [0.05, 0.1) is 10.4 Å². The SMILES string of the molecule is Cc1nc2sc3c(c2c(=O)n1NC(=O)c1nn(C)cc1Cl)CC[C@H](C(C)(C)C)C3. The van der Waals surface area contributed by atoms with E-state index in [0.717, 1.165) is 29.7 Å². The second kappa shape index (κ2) is 6.95. The Bertz CT molecular complexity index is 1180. The highest BCUT2D eigenvalue weighted by atomic mass is 35.5. The topological polar surface area (TPSA) is 81.8 Å². The normalized spacial score (nSPS) is 16.8. The number of hydrogen-bond donors (Lipinski definition) is 1. The maximum absolute atomic E-state index is 13.3. The summed E-state index contributed by atoms with van der Waals surface area (Å²) in [6.45, 7) is 8.51. The van der Waals surface area contributed by atoms with Crippen LogP contribution in [-0.4, -0.2) is 25.3 Å². The number of hydrogen-bond acceptors (Lipinski definition) is 5. The van der Waals surface area contributed by atoms with Crippen LogP contribution in [-0.2, 0) is 19.9 Å². The van der Waals surface area contributed by atoms with Crippen molar-refractivity contribution in [2.45, 2.75) is 47.0 Å². The van der Waals surface area contributed by atoms with Crippen LogP contribution in [0.2, 0.25) is 5.02 Å². The van der Waals surface area contributed by atoms with Gasteiger partial charge in [0.1, 0.15) is 10.7 Å². The molecular weight excluding hydrogens is 410 g/mol. The summed E-state index contributed by atoms with van der Waals surface area (Å²) >= 11 is 7.67. The number of amides is 1. The van der Waals surface area contributed by atoms with E-state index in [1.165, 1.54) is 20.4 Å². The zero-order valence-electron chi connectivity index (χ0n) is 17.2. The molecule has 29 heavy (non-hydrogen) atoms. The monoisotopic (exact) mass is 433 g/mol. The molecule has 0 saturated heterocycles. The number of nitrogens with one attached hydrogen (secondary N) is 1. The van der Waals surface area contributed by atoms with Crippen molar-refractivity contribution >= 4 is 39.1 Å². The molecule has 3 aromatic rings. The number of rotatable bonds is 2. The van der Waals surface area contributed by atoms with Crippen LogP contribution in [0.15, 0.2) is 11.0 Å². The first-order valence-corrected chi connectivity index (χ1v) is 10.8. The zero-order valence-corrected chi connectivity index (χ0v) is 18.7. The van der Waals surface area contributed by atoms with Crippen LogP contribution < -0.4 is 11.0 Å². The van der Waals surface area contributed by atoms with Gasteiger partial charge in [-0.05, 0) is 43.1 Å². The van der Waals surface area contributed by atoms with Crippen molar-refractivity contribution in [3.05, 3.63) is 43.5 Å². The zero-order chi connectivity index (χ0) is 21.1. The average molecular weight is 434 g/mol. The summed E-state index contributed by atoms with van der Waals surface area (Å²) in [5, 5.41) is 4.91. The van der Waals surface area contributed by atoms with Crippen molar-refractivity contribution in [3.8, 4) is 0 Å². The Hall–Kier alpha value is -2.19. The van der Waals surface area contributed by atoms with Gasteiger partial charge < -0.3 is 0 Å². The van der Waals surface area contributed by atoms with Gasteiger partial charge in [0.25, 0.3) is 11.5 Å². The molecule has 0 spiro atoms. The van der Waals surface area contributed by atoms with Gasteiger partial charge in [0.15, 0.2) is 5.69 Å². The van der Waals surface area contributed by atoms with Crippen LogP contribution in [0.5, 0.6) is 0 Å².